The lowest BCUT2D eigenvalue weighted by atomic mass is 9.90. The van der Waals surface area contributed by atoms with Crippen LogP contribution in [0.2, 0.25) is 0 Å². The summed E-state index contributed by atoms with van der Waals surface area (Å²) in [6, 6.07) is -0.794. The van der Waals surface area contributed by atoms with Gasteiger partial charge in [-0.2, -0.15) is 13.2 Å². The number of rotatable bonds is 1. The molecule has 2 unspecified atom stereocenters. The first-order valence-corrected chi connectivity index (χ1v) is 6.47. The van der Waals surface area contributed by atoms with E-state index in [0.29, 0.717) is 18.7 Å². The number of alkyl halides is 3. The van der Waals surface area contributed by atoms with Crippen molar-refractivity contribution in [3.8, 4) is 0 Å². The van der Waals surface area contributed by atoms with Gasteiger partial charge in [0.15, 0.2) is 5.84 Å². The molecule has 1 fully saturated rings. The molecule has 3 heterocycles. The van der Waals surface area contributed by atoms with E-state index in [2.05, 4.69) is 20.0 Å². The molecule has 0 aromatic heterocycles. The summed E-state index contributed by atoms with van der Waals surface area (Å²) in [4.78, 5) is 16.9. The molecular weight excluding hydrogens is 271 g/mol. The van der Waals surface area contributed by atoms with Crippen LogP contribution < -0.4 is 0 Å². The Kier molecular flexibility index (Phi) is 3.00. The van der Waals surface area contributed by atoms with E-state index in [4.69, 9.17) is 0 Å². The fourth-order valence-electron chi connectivity index (χ4n) is 2.87. The normalized spacial score (nSPS) is 33.9. The molecule has 0 aromatic carbocycles. The Bertz CT molecular complexity index is 534. The van der Waals surface area contributed by atoms with E-state index in [1.807, 2.05) is 0 Å². The number of fused-ring (bicyclic) bond motifs is 1. The molecule has 0 radical (unpaired) electrons. The van der Waals surface area contributed by atoms with E-state index < -0.39 is 17.9 Å². The number of likely N-dealkylation sites (tertiary alicyclic amines) is 1. The van der Waals surface area contributed by atoms with E-state index in [9.17, 15) is 13.2 Å². The first-order chi connectivity index (χ1) is 9.44. The van der Waals surface area contributed by atoms with Gasteiger partial charge < -0.3 is 0 Å². The Hall–Kier alpha value is -1.57. The SMILES string of the molecule is CN1CCCCC1C1(C(F)(F)F)N=CC2=NC=NC2=N1. The minimum absolute atomic E-state index is 0.0244. The molecule has 0 saturated carbocycles. The second kappa shape index (κ2) is 4.47. The fourth-order valence-corrected chi connectivity index (χ4v) is 2.87. The van der Waals surface area contributed by atoms with Gasteiger partial charge in [0.05, 0.1) is 12.3 Å². The molecule has 0 bridgehead atoms. The first kappa shape index (κ1) is 13.4. The highest BCUT2D eigenvalue weighted by Crippen LogP contribution is 2.43. The summed E-state index contributed by atoms with van der Waals surface area (Å²) in [5, 5.41) is 0. The largest absolute Gasteiger partial charge is 0.435 e. The monoisotopic (exact) mass is 285 g/mol. The van der Waals surface area contributed by atoms with Crippen LogP contribution in [-0.2, 0) is 0 Å². The Morgan fingerprint density at radius 1 is 1.35 bits per heavy atom. The van der Waals surface area contributed by atoms with Crippen LogP contribution in [0.5, 0.6) is 0 Å². The third-order valence-electron chi connectivity index (χ3n) is 3.92. The van der Waals surface area contributed by atoms with Gasteiger partial charge in [-0.25, -0.2) is 15.0 Å². The van der Waals surface area contributed by atoms with Crippen LogP contribution in [0.15, 0.2) is 20.0 Å². The van der Waals surface area contributed by atoms with Gasteiger partial charge >= 0.3 is 6.18 Å². The molecule has 20 heavy (non-hydrogen) atoms. The summed E-state index contributed by atoms with van der Waals surface area (Å²) in [5.74, 6) is 0.0244. The minimum atomic E-state index is -4.56. The lowest BCUT2D eigenvalue weighted by Crippen LogP contribution is -2.60. The van der Waals surface area contributed by atoms with E-state index in [-0.39, 0.29) is 5.84 Å². The molecule has 3 aliphatic heterocycles. The minimum Gasteiger partial charge on any atom is -0.299 e. The van der Waals surface area contributed by atoms with Gasteiger partial charge in [0.2, 0.25) is 0 Å². The Morgan fingerprint density at radius 3 is 2.85 bits per heavy atom. The predicted molar refractivity (Wildman–Crippen MR) is 70.9 cm³/mol. The highest BCUT2D eigenvalue weighted by Gasteiger charge is 2.62. The van der Waals surface area contributed by atoms with Crippen LogP contribution in [0.1, 0.15) is 19.3 Å². The van der Waals surface area contributed by atoms with E-state index in [1.165, 1.54) is 6.34 Å². The number of amidine groups is 1. The maximum absolute atomic E-state index is 13.7. The van der Waals surface area contributed by atoms with Crippen LogP contribution in [0.3, 0.4) is 0 Å². The van der Waals surface area contributed by atoms with Crippen molar-refractivity contribution in [2.24, 2.45) is 20.0 Å². The lowest BCUT2D eigenvalue weighted by Gasteiger charge is -2.43. The number of nitrogens with zero attached hydrogens (tertiary/aromatic N) is 5. The van der Waals surface area contributed by atoms with Gasteiger partial charge in [0.1, 0.15) is 12.1 Å². The molecule has 3 rings (SSSR count). The number of hydrogen-bond acceptors (Lipinski definition) is 5. The number of hydrogen-bond donors (Lipinski definition) is 0. The summed E-state index contributed by atoms with van der Waals surface area (Å²) in [5.41, 5.74) is -2.17. The molecule has 1 saturated heterocycles. The lowest BCUT2D eigenvalue weighted by molar-refractivity contribution is -0.202. The maximum Gasteiger partial charge on any atom is 0.435 e. The van der Waals surface area contributed by atoms with Gasteiger partial charge in [-0.3, -0.25) is 9.89 Å². The summed E-state index contributed by atoms with van der Waals surface area (Å²) >= 11 is 0. The van der Waals surface area contributed by atoms with Crippen LogP contribution in [-0.4, -0.2) is 60.5 Å². The average Bonchev–Trinajstić information content (AvgIpc) is 2.84. The molecule has 0 spiro atoms. The number of piperidine rings is 1. The first-order valence-electron chi connectivity index (χ1n) is 6.47. The van der Waals surface area contributed by atoms with Gasteiger partial charge in [0.25, 0.3) is 5.66 Å². The van der Waals surface area contributed by atoms with Crippen LogP contribution in [0.25, 0.3) is 0 Å². The third-order valence-corrected chi connectivity index (χ3v) is 3.92. The molecule has 3 aliphatic rings. The van der Waals surface area contributed by atoms with Crippen molar-refractivity contribution in [1.29, 1.82) is 0 Å². The van der Waals surface area contributed by atoms with Crippen LogP contribution in [0, 0.1) is 0 Å². The molecular formula is C12H14F3N5. The van der Waals surface area contributed by atoms with E-state index in [1.54, 1.807) is 11.9 Å². The standard InChI is InChI=1S/C12H14F3N5/c1-20-5-3-2-4-9(20)11(12(13,14)15)18-6-8-10(19-11)17-7-16-8/h6-7,9H,2-5H2,1H3. The Labute approximate surface area is 114 Å². The van der Waals surface area contributed by atoms with Crippen molar-refractivity contribution < 1.29 is 13.2 Å². The van der Waals surface area contributed by atoms with Gasteiger partial charge in [-0.15, -0.1) is 0 Å². The topological polar surface area (TPSA) is 52.7 Å². The molecule has 0 N–H and O–H groups in total. The smallest absolute Gasteiger partial charge is 0.299 e. The van der Waals surface area contributed by atoms with E-state index in [0.717, 1.165) is 19.1 Å². The van der Waals surface area contributed by atoms with Crippen molar-refractivity contribution in [2.45, 2.75) is 37.1 Å². The molecule has 0 amide bonds. The summed E-state index contributed by atoms with van der Waals surface area (Å²) in [6.45, 7) is 0.618. The highest BCUT2D eigenvalue weighted by atomic mass is 19.4. The van der Waals surface area contributed by atoms with Gasteiger partial charge in [0, 0.05) is 0 Å². The molecule has 108 valence electrons. The molecule has 8 heteroatoms. The molecule has 2 atom stereocenters. The van der Waals surface area contributed by atoms with Crippen molar-refractivity contribution in [3.63, 3.8) is 0 Å². The van der Waals surface area contributed by atoms with Crippen molar-refractivity contribution in [1.82, 2.24) is 4.90 Å². The molecule has 5 nitrogen and oxygen atoms in total. The average molecular weight is 285 g/mol. The highest BCUT2D eigenvalue weighted by molar-refractivity contribution is 6.65. The summed E-state index contributed by atoms with van der Waals surface area (Å²) < 4.78 is 41.0. The number of likely N-dealkylation sites (N-methyl/N-ethyl adjacent to an activating group) is 1. The van der Waals surface area contributed by atoms with Crippen LogP contribution in [0.4, 0.5) is 13.2 Å². The van der Waals surface area contributed by atoms with Crippen LogP contribution >= 0.6 is 0 Å². The van der Waals surface area contributed by atoms with E-state index >= 15 is 0 Å². The van der Waals surface area contributed by atoms with Crippen molar-refractivity contribution in [2.75, 3.05) is 13.6 Å². The third kappa shape index (κ3) is 1.90. The summed E-state index contributed by atoms with van der Waals surface area (Å²) in [7, 11) is 1.69. The van der Waals surface area contributed by atoms with Gasteiger partial charge in [-0.1, -0.05) is 6.42 Å². The second-order valence-corrected chi connectivity index (χ2v) is 5.17. The Morgan fingerprint density at radius 2 is 2.15 bits per heavy atom. The molecule has 0 aliphatic carbocycles. The summed E-state index contributed by atoms with van der Waals surface area (Å²) in [6.07, 6.45) is -0.150. The molecule has 0 aromatic rings. The second-order valence-electron chi connectivity index (χ2n) is 5.17. The fraction of sp³-hybridized carbons (Fsp3) is 0.667. The zero-order valence-electron chi connectivity index (χ0n) is 10.9. The zero-order chi connectivity index (χ0) is 14.4. The Balaban J connectivity index is 2.07. The predicted octanol–water partition coefficient (Wildman–Crippen LogP) is 1.70. The maximum atomic E-state index is 13.7. The quantitative estimate of drug-likeness (QED) is 0.723. The number of halogens is 3. The van der Waals surface area contributed by atoms with Crippen molar-refractivity contribution >= 4 is 24.1 Å². The zero-order valence-corrected chi connectivity index (χ0v) is 10.9. The van der Waals surface area contributed by atoms with Crippen molar-refractivity contribution in [3.05, 3.63) is 0 Å². The number of aliphatic imine (C=N–C) groups is 4. The van der Waals surface area contributed by atoms with Gasteiger partial charge in [-0.05, 0) is 26.4 Å².